The summed E-state index contributed by atoms with van der Waals surface area (Å²) in [5, 5.41) is 10.2. The number of ketones is 1. The minimum atomic E-state index is -0.451. The van der Waals surface area contributed by atoms with Crippen LogP contribution in [0.3, 0.4) is 0 Å². The van der Waals surface area contributed by atoms with Crippen molar-refractivity contribution in [3.63, 3.8) is 0 Å². The molecule has 3 aromatic rings. The summed E-state index contributed by atoms with van der Waals surface area (Å²) in [4.78, 5) is 30.8. The van der Waals surface area contributed by atoms with E-state index >= 15 is 0 Å². The first-order valence-electron chi connectivity index (χ1n) is 9.33. The number of nitrogens with one attached hydrogen (secondary N) is 1. The lowest BCUT2D eigenvalue weighted by Gasteiger charge is -2.18. The summed E-state index contributed by atoms with van der Waals surface area (Å²) in [7, 11) is 1.33. The first-order valence-corrected chi connectivity index (χ1v) is 10.2. The fourth-order valence-corrected chi connectivity index (χ4v) is 3.90. The molecule has 3 aromatic heterocycles. The molecule has 0 saturated carbocycles. The van der Waals surface area contributed by atoms with E-state index in [0.717, 1.165) is 11.3 Å². The predicted octanol–water partition coefficient (Wildman–Crippen LogP) is 3.62. The van der Waals surface area contributed by atoms with Crippen molar-refractivity contribution in [1.29, 1.82) is 0 Å². The van der Waals surface area contributed by atoms with Crippen molar-refractivity contribution in [3.05, 3.63) is 45.9 Å². The minimum Gasteiger partial charge on any atom is -0.465 e. The minimum absolute atomic E-state index is 0.104. The first-order chi connectivity index (χ1) is 13.9. The quantitative estimate of drug-likeness (QED) is 0.420. The Labute approximate surface area is 172 Å². The molecule has 0 radical (unpaired) electrons. The number of methoxy groups -OCH3 is 1. The van der Waals surface area contributed by atoms with Crippen molar-refractivity contribution in [3.8, 4) is 10.8 Å². The average molecular weight is 417 g/mol. The van der Waals surface area contributed by atoms with Gasteiger partial charge in [0.2, 0.25) is 5.89 Å². The van der Waals surface area contributed by atoms with Crippen LogP contribution in [0.2, 0.25) is 0 Å². The number of rotatable bonds is 9. The van der Waals surface area contributed by atoms with Gasteiger partial charge in [-0.25, -0.2) is 4.79 Å². The van der Waals surface area contributed by atoms with Gasteiger partial charge in [-0.05, 0) is 43.8 Å². The zero-order valence-electron chi connectivity index (χ0n) is 16.9. The highest BCUT2D eigenvalue weighted by molar-refractivity contribution is 7.13. The molecule has 1 N–H and O–H groups in total. The molecule has 0 amide bonds. The average Bonchev–Trinajstić information content (AvgIpc) is 3.42. The molecule has 29 heavy (non-hydrogen) atoms. The van der Waals surface area contributed by atoms with Gasteiger partial charge in [-0.2, -0.15) is 0 Å². The Balaban J connectivity index is 1.74. The Bertz CT molecular complexity index is 990. The van der Waals surface area contributed by atoms with Crippen LogP contribution in [0.15, 0.2) is 21.9 Å². The maximum atomic E-state index is 12.9. The van der Waals surface area contributed by atoms with E-state index in [4.69, 9.17) is 9.15 Å². The molecule has 0 aliphatic heterocycles. The number of aryl methyl sites for hydroxylation is 1. The first kappa shape index (κ1) is 20.9. The zero-order chi connectivity index (χ0) is 21.0. The van der Waals surface area contributed by atoms with Gasteiger partial charge in [0.25, 0.3) is 5.89 Å². The number of nitrogens with zero attached hydrogens (tertiary/aromatic N) is 3. The van der Waals surface area contributed by atoms with Gasteiger partial charge in [-0.1, -0.05) is 13.0 Å². The molecule has 9 heteroatoms. The van der Waals surface area contributed by atoms with Crippen molar-refractivity contribution in [2.75, 3.05) is 20.2 Å². The van der Waals surface area contributed by atoms with Crippen LogP contribution in [0.4, 0.5) is 0 Å². The summed E-state index contributed by atoms with van der Waals surface area (Å²) in [6.45, 7) is 6.79. The predicted molar refractivity (Wildman–Crippen MR) is 109 cm³/mol. The third-order valence-electron chi connectivity index (χ3n) is 4.57. The van der Waals surface area contributed by atoms with Gasteiger partial charge < -0.3 is 14.1 Å². The van der Waals surface area contributed by atoms with Crippen LogP contribution in [0, 0.1) is 13.8 Å². The van der Waals surface area contributed by atoms with Crippen molar-refractivity contribution in [2.45, 2.75) is 33.7 Å². The second-order valence-electron chi connectivity index (χ2n) is 6.73. The smallest absolute Gasteiger partial charge is 0.339 e. The summed E-state index contributed by atoms with van der Waals surface area (Å²) in [6, 6.07) is 3.85. The van der Waals surface area contributed by atoms with E-state index in [1.165, 1.54) is 18.4 Å². The van der Waals surface area contributed by atoms with Gasteiger partial charge >= 0.3 is 5.97 Å². The number of Topliss-reactive ketones (excluding diaryl/α,β-unsaturated/α-hetero) is 1. The van der Waals surface area contributed by atoms with Gasteiger partial charge in [0, 0.05) is 5.69 Å². The fraction of sp³-hybridized carbons (Fsp3) is 0.400. The molecular weight excluding hydrogens is 392 g/mol. The number of esters is 1. The van der Waals surface area contributed by atoms with E-state index in [9.17, 15) is 9.59 Å². The van der Waals surface area contributed by atoms with Crippen LogP contribution in [0.5, 0.6) is 0 Å². The van der Waals surface area contributed by atoms with Crippen molar-refractivity contribution >= 4 is 23.1 Å². The van der Waals surface area contributed by atoms with Crippen LogP contribution in [-0.2, 0) is 11.3 Å². The number of ether oxygens (including phenoxy) is 1. The van der Waals surface area contributed by atoms with Gasteiger partial charge in [0.15, 0.2) is 5.78 Å². The molecule has 0 fully saturated rings. The van der Waals surface area contributed by atoms with E-state index in [1.54, 1.807) is 13.8 Å². The number of thiophene rings is 1. The molecule has 0 unspecified atom stereocenters. The van der Waals surface area contributed by atoms with E-state index in [0.29, 0.717) is 47.4 Å². The Morgan fingerprint density at radius 1 is 1.31 bits per heavy atom. The SMILES string of the molecule is CCCN(CC(=O)c1[nH]c(C)c(C(=O)OC)c1C)Cc1nnc(-c2cccs2)o1. The van der Waals surface area contributed by atoms with Gasteiger partial charge in [0.05, 0.1) is 36.3 Å². The maximum absolute atomic E-state index is 12.9. The Hall–Kier alpha value is -2.78. The lowest BCUT2D eigenvalue weighted by Crippen LogP contribution is -2.31. The highest BCUT2D eigenvalue weighted by atomic mass is 32.1. The molecule has 3 heterocycles. The summed E-state index contributed by atoms with van der Waals surface area (Å²) < 4.78 is 10.6. The Morgan fingerprint density at radius 2 is 2.10 bits per heavy atom. The van der Waals surface area contributed by atoms with E-state index in [1.807, 2.05) is 29.3 Å². The number of H-pyrrole nitrogens is 1. The van der Waals surface area contributed by atoms with Gasteiger partial charge in [0.1, 0.15) is 0 Å². The summed E-state index contributed by atoms with van der Waals surface area (Å²) in [5.74, 6) is 0.389. The molecule has 8 nitrogen and oxygen atoms in total. The monoisotopic (exact) mass is 416 g/mol. The fourth-order valence-electron chi connectivity index (χ4n) is 3.26. The normalized spacial score (nSPS) is 11.2. The largest absolute Gasteiger partial charge is 0.465 e. The third-order valence-corrected chi connectivity index (χ3v) is 5.43. The van der Waals surface area contributed by atoms with E-state index in [-0.39, 0.29) is 12.3 Å². The lowest BCUT2D eigenvalue weighted by molar-refractivity contribution is 0.0599. The van der Waals surface area contributed by atoms with Gasteiger partial charge in [-0.3, -0.25) is 9.69 Å². The second-order valence-corrected chi connectivity index (χ2v) is 7.68. The molecule has 0 aromatic carbocycles. The number of hydrogen-bond acceptors (Lipinski definition) is 8. The zero-order valence-corrected chi connectivity index (χ0v) is 17.8. The molecular formula is C20H24N4O4S. The molecule has 0 spiro atoms. The van der Waals surface area contributed by atoms with E-state index in [2.05, 4.69) is 15.2 Å². The lowest BCUT2D eigenvalue weighted by atomic mass is 10.1. The molecule has 0 bridgehead atoms. The summed E-state index contributed by atoms with van der Waals surface area (Å²) >= 11 is 1.53. The van der Waals surface area contributed by atoms with Crippen molar-refractivity contribution < 1.29 is 18.7 Å². The molecule has 0 saturated heterocycles. The molecule has 0 aliphatic rings. The molecule has 0 atom stereocenters. The van der Waals surface area contributed by atoms with Crippen LogP contribution in [-0.4, -0.2) is 52.0 Å². The Kier molecular flexibility index (Phi) is 6.60. The summed E-state index contributed by atoms with van der Waals surface area (Å²) in [6.07, 6.45) is 0.870. The van der Waals surface area contributed by atoms with E-state index < -0.39 is 5.97 Å². The van der Waals surface area contributed by atoms with Crippen molar-refractivity contribution in [2.24, 2.45) is 0 Å². The second kappa shape index (κ2) is 9.15. The van der Waals surface area contributed by atoms with Crippen LogP contribution in [0.25, 0.3) is 10.8 Å². The molecule has 0 aliphatic carbocycles. The number of aromatic nitrogens is 3. The van der Waals surface area contributed by atoms with Crippen LogP contribution < -0.4 is 0 Å². The van der Waals surface area contributed by atoms with Gasteiger partial charge in [-0.15, -0.1) is 21.5 Å². The number of aromatic amines is 1. The van der Waals surface area contributed by atoms with Crippen LogP contribution in [0.1, 0.15) is 51.3 Å². The highest BCUT2D eigenvalue weighted by Crippen LogP contribution is 2.24. The molecule has 154 valence electrons. The van der Waals surface area contributed by atoms with Crippen molar-refractivity contribution in [1.82, 2.24) is 20.1 Å². The maximum Gasteiger partial charge on any atom is 0.339 e. The topological polar surface area (TPSA) is 101 Å². The number of carbonyl (C=O) groups is 2. The standard InChI is InChI=1S/C20H24N4O4S/c1-5-8-24(11-16-22-23-19(28-16)15-7-6-9-29-15)10-14(25)18-12(2)17(13(3)21-18)20(26)27-4/h6-7,9,21H,5,8,10-11H2,1-4H3. The molecule has 3 rings (SSSR count). The number of hydrogen-bond donors (Lipinski definition) is 1. The number of carbonyl (C=O) groups excluding carboxylic acids is 2. The highest BCUT2D eigenvalue weighted by Gasteiger charge is 2.24. The summed E-state index contributed by atoms with van der Waals surface area (Å²) in [5.41, 5.74) is 2.06. The third kappa shape index (κ3) is 4.63. The Morgan fingerprint density at radius 3 is 2.76 bits per heavy atom. The van der Waals surface area contributed by atoms with Crippen LogP contribution >= 0.6 is 11.3 Å².